The van der Waals surface area contributed by atoms with Gasteiger partial charge in [-0.3, -0.25) is 5.32 Å². The number of carbonyl (C=O) groups is 1. The molecule has 5 rings (SSSR count). The van der Waals surface area contributed by atoms with Crippen LogP contribution in [0.1, 0.15) is 19.3 Å². The number of phenols is 1. The molecular weight excluding hydrogens is 338 g/mol. The van der Waals surface area contributed by atoms with Crippen LogP contribution < -0.4 is 5.32 Å². The molecule has 3 aliphatic heterocycles. The zero-order chi connectivity index (χ0) is 17.3. The number of fused-ring (bicyclic) bond motifs is 3. The van der Waals surface area contributed by atoms with Crippen LogP contribution in [0.3, 0.4) is 0 Å². The van der Waals surface area contributed by atoms with Gasteiger partial charge in [0, 0.05) is 5.41 Å². The van der Waals surface area contributed by atoms with Crippen LogP contribution in [-0.2, 0) is 4.74 Å². The van der Waals surface area contributed by atoms with Crippen molar-refractivity contribution in [3.05, 3.63) is 29.8 Å². The predicted octanol–water partition coefficient (Wildman–Crippen LogP) is 3.55. The van der Waals surface area contributed by atoms with Crippen molar-refractivity contribution in [1.82, 2.24) is 9.88 Å². The Bertz CT molecular complexity index is 755. The van der Waals surface area contributed by atoms with Crippen LogP contribution in [0.2, 0.25) is 0 Å². The summed E-state index contributed by atoms with van der Waals surface area (Å²) in [4.78, 5) is 19.7. The average molecular weight is 359 g/mol. The lowest BCUT2D eigenvalue weighted by molar-refractivity contribution is -0.0190. The van der Waals surface area contributed by atoms with Gasteiger partial charge in [-0.1, -0.05) is 12.1 Å². The Balaban J connectivity index is 1.39. The van der Waals surface area contributed by atoms with E-state index >= 15 is 0 Å². The fraction of sp³-hybridized carbons (Fsp3) is 0.444. The minimum absolute atomic E-state index is 0.155. The zero-order valence-electron chi connectivity index (χ0n) is 13.9. The van der Waals surface area contributed by atoms with Crippen LogP contribution in [0.25, 0.3) is 10.4 Å². The van der Waals surface area contributed by atoms with E-state index in [0.717, 1.165) is 49.3 Å². The highest BCUT2D eigenvalue weighted by molar-refractivity contribution is 7.13. The number of nitrogens with zero attached hydrogens (tertiary/aromatic N) is 2. The van der Waals surface area contributed by atoms with Crippen LogP contribution in [0.15, 0.2) is 29.8 Å². The lowest BCUT2D eigenvalue weighted by atomic mass is 9.73. The number of hydrogen-bond donors (Lipinski definition) is 2. The Morgan fingerprint density at radius 1 is 1.32 bits per heavy atom. The molecule has 2 bridgehead atoms. The number of carbonyl (C=O) groups excluding carboxylic acids is 1. The van der Waals surface area contributed by atoms with E-state index in [0.29, 0.717) is 12.4 Å². The zero-order valence-corrected chi connectivity index (χ0v) is 14.7. The number of hydrogen-bond acceptors (Lipinski definition) is 6. The first-order valence-corrected chi connectivity index (χ1v) is 9.41. The number of piperidine rings is 3. The highest BCUT2D eigenvalue weighted by Gasteiger charge is 2.40. The van der Waals surface area contributed by atoms with Gasteiger partial charge in [0.25, 0.3) is 0 Å². The number of benzene rings is 1. The molecule has 25 heavy (non-hydrogen) atoms. The number of nitrogens with one attached hydrogen (secondary N) is 1. The van der Waals surface area contributed by atoms with Gasteiger partial charge in [0.1, 0.15) is 5.75 Å². The predicted molar refractivity (Wildman–Crippen MR) is 96.9 cm³/mol. The van der Waals surface area contributed by atoms with Gasteiger partial charge in [-0.25, -0.2) is 9.78 Å². The molecule has 7 heteroatoms. The molecule has 1 aromatic carbocycles. The molecule has 0 radical (unpaired) electrons. The number of ether oxygens (including phenoxy) is 1. The molecule has 1 aromatic heterocycles. The van der Waals surface area contributed by atoms with Crippen LogP contribution in [-0.4, -0.2) is 47.3 Å². The van der Waals surface area contributed by atoms with Crippen molar-refractivity contribution in [2.75, 3.05) is 31.6 Å². The van der Waals surface area contributed by atoms with Crippen LogP contribution in [0.5, 0.6) is 5.75 Å². The van der Waals surface area contributed by atoms with Gasteiger partial charge in [0.15, 0.2) is 5.82 Å². The number of rotatable bonds is 4. The summed E-state index contributed by atoms with van der Waals surface area (Å²) in [7, 11) is 0. The lowest BCUT2D eigenvalue weighted by Crippen LogP contribution is -2.50. The monoisotopic (exact) mass is 359 g/mol. The molecule has 0 spiro atoms. The van der Waals surface area contributed by atoms with Crippen LogP contribution >= 0.6 is 11.3 Å². The molecule has 4 heterocycles. The standard InChI is InChI=1S/C18H21N3O3S/c22-14-3-1-2-13(10-14)15-16(19-12-25-15)20-17(23)24-11-18-4-7-21(8-5-18)9-6-18/h1-3,10,12,22H,4-9,11H2,(H,20,23). The van der Waals surface area contributed by atoms with Gasteiger partial charge < -0.3 is 14.7 Å². The molecule has 0 aliphatic carbocycles. The Labute approximate surface area is 150 Å². The van der Waals surface area contributed by atoms with Crippen molar-refractivity contribution in [2.24, 2.45) is 5.41 Å². The van der Waals surface area contributed by atoms with Crippen molar-refractivity contribution in [3.8, 4) is 16.2 Å². The maximum absolute atomic E-state index is 12.2. The molecule has 6 nitrogen and oxygen atoms in total. The van der Waals surface area contributed by atoms with Gasteiger partial charge >= 0.3 is 6.09 Å². The van der Waals surface area contributed by atoms with Crippen molar-refractivity contribution in [1.29, 1.82) is 0 Å². The Morgan fingerprint density at radius 2 is 2.08 bits per heavy atom. The lowest BCUT2D eigenvalue weighted by Gasteiger charge is -2.47. The molecule has 2 N–H and O–H groups in total. The van der Waals surface area contributed by atoms with Gasteiger partial charge in [0.2, 0.25) is 0 Å². The van der Waals surface area contributed by atoms with Crippen molar-refractivity contribution in [3.63, 3.8) is 0 Å². The number of thiazole rings is 1. The normalized spacial score (nSPS) is 24.9. The molecule has 3 fully saturated rings. The molecule has 0 saturated carbocycles. The van der Waals surface area contributed by atoms with Crippen LogP contribution in [0, 0.1) is 5.41 Å². The Hall–Kier alpha value is -2.12. The third-order valence-corrected chi connectivity index (χ3v) is 6.16. The molecule has 132 valence electrons. The summed E-state index contributed by atoms with van der Waals surface area (Å²) >= 11 is 1.41. The Morgan fingerprint density at radius 3 is 2.80 bits per heavy atom. The summed E-state index contributed by atoms with van der Waals surface area (Å²) in [6.07, 6.45) is 2.84. The van der Waals surface area contributed by atoms with E-state index < -0.39 is 6.09 Å². The molecule has 0 atom stereocenters. The van der Waals surface area contributed by atoms with E-state index in [1.807, 2.05) is 6.07 Å². The van der Waals surface area contributed by atoms with Crippen molar-refractivity contribution >= 4 is 23.2 Å². The molecule has 0 unspecified atom stereocenters. The molecule has 3 saturated heterocycles. The molecule has 1 amide bonds. The second-order valence-electron chi connectivity index (χ2n) is 6.87. The van der Waals surface area contributed by atoms with Gasteiger partial charge in [0.05, 0.1) is 17.0 Å². The average Bonchev–Trinajstić information content (AvgIpc) is 3.10. The number of aromatic nitrogens is 1. The van der Waals surface area contributed by atoms with Crippen molar-refractivity contribution < 1.29 is 14.6 Å². The van der Waals surface area contributed by atoms with Gasteiger partial charge in [-0.05, 0) is 56.6 Å². The third kappa shape index (κ3) is 3.48. The first-order chi connectivity index (χ1) is 12.1. The summed E-state index contributed by atoms with van der Waals surface area (Å²) in [6.45, 7) is 3.80. The quantitative estimate of drug-likeness (QED) is 0.873. The number of amides is 1. The van der Waals surface area contributed by atoms with E-state index in [9.17, 15) is 9.90 Å². The summed E-state index contributed by atoms with van der Waals surface area (Å²) in [5.41, 5.74) is 2.64. The maximum Gasteiger partial charge on any atom is 0.412 e. The van der Waals surface area contributed by atoms with E-state index in [1.165, 1.54) is 11.3 Å². The summed E-state index contributed by atoms with van der Waals surface area (Å²) in [5, 5.41) is 12.4. The van der Waals surface area contributed by atoms with E-state index in [4.69, 9.17) is 4.74 Å². The number of anilines is 1. The summed E-state index contributed by atoms with van der Waals surface area (Å²) in [5.74, 6) is 0.652. The molecular formula is C18H21N3O3S. The van der Waals surface area contributed by atoms with E-state index in [-0.39, 0.29) is 11.2 Å². The first kappa shape index (κ1) is 16.4. The van der Waals surface area contributed by atoms with E-state index in [1.54, 1.807) is 23.7 Å². The fourth-order valence-electron chi connectivity index (χ4n) is 3.65. The van der Waals surface area contributed by atoms with Gasteiger partial charge in [-0.2, -0.15) is 0 Å². The maximum atomic E-state index is 12.2. The van der Waals surface area contributed by atoms with Crippen molar-refractivity contribution in [2.45, 2.75) is 19.3 Å². The van der Waals surface area contributed by atoms with Crippen LogP contribution in [0.4, 0.5) is 10.6 Å². The minimum Gasteiger partial charge on any atom is -0.508 e. The second kappa shape index (κ2) is 6.65. The molecule has 2 aromatic rings. The fourth-order valence-corrected chi connectivity index (χ4v) is 4.39. The number of phenolic OH excluding ortho intramolecular Hbond substituents is 1. The van der Waals surface area contributed by atoms with Gasteiger partial charge in [-0.15, -0.1) is 11.3 Å². The minimum atomic E-state index is -0.463. The SMILES string of the molecule is O=C(Nc1ncsc1-c1cccc(O)c1)OCC12CCN(CC1)CC2. The largest absolute Gasteiger partial charge is 0.508 e. The topological polar surface area (TPSA) is 74.7 Å². The highest BCUT2D eigenvalue weighted by Crippen LogP contribution is 2.40. The Kier molecular flexibility index (Phi) is 4.35. The number of aromatic hydroxyl groups is 1. The summed E-state index contributed by atoms with van der Waals surface area (Å²) < 4.78 is 5.53. The smallest absolute Gasteiger partial charge is 0.412 e. The second-order valence-corrected chi connectivity index (χ2v) is 7.73. The molecule has 3 aliphatic rings. The highest BCUT2D eigenvalue weighted by atomic mass is 32.1. The van der Waals surface area contributed by atoms with E-state index in [2.05, 4.69) is 15.2 Å². The summed E-state index contributed by atoms with van der Waals surface area (Å²) in [6, 6.07) is 6.90. The third-order valence-electron chi connectivity index (χ3n) is 5.28. The first-order valence-electron chi connectivity index (χ1n) is 8.53.